The van der Waals surface area contributed by atoms with Crippen molar-refractivity contribution >= 4 is 0 Å². The molecule has 0 aromatic carbocycles. The van der Waals surface area contributed by atoms with E-state index in [2.05, 4.69) is 28.7 Å². The fraction of sp³-hybridized carbons (Fsp3) is 0.786. The van der Waals surface area contributed by atoms with E-state index in [9.17, 15) is 0 Å². The molecule has 0 aliphatic carbocycles. The molecule has 3 unspecified atom stereocenters. The van der Waals surface area contributed by atoms with Gasteiger partial charge in [0.05, 0.1) is 12.4 Å². The predicted octanol–water partition coefficient (Wildman–Crippen LogP) is 2.21. The highest BCUT2D eigenvalue weighted by molar-refractivity contribution is 4.81. The van der Waals surface area contributed by atoms with Gasteiger partial charge in [-0.05, 0) is 26.2 Å². The van der Waals surface area contributed by atoms with Gasteiger partial charge in [0.25, 0.3) is 0 Å². The molecule has 0 amide bonds. The van der Waals surface area contributed by atoms with Crippen molar-refractivity contribution in [2.75, 3.05) is 6.61 Å². The van der Waals surface area contributed by atoms with Crippen LogP contribution in [0.5, 0.6) is 0 Å². The molecule has 1 aliphatic rings. The van der Waals surface area contributed by atoms with E-state index in [1.165, 1.54) is 12.8 Å². The maximum absolute atomic E-state index is 5.78. The van der Waals surface area contributed by atoms with Gasteiger partial charge < -0.3 is 14.6 Å². The van der Waals surface area contributed by atoms with Gasteiger partial charge in [-0.25, -0.2) is 4.98 Å². The molecular formula is C14H25N3O. The zero-order chi connectivity index (χ0) is 12.8. The van der Waals surface area contributed by atoms with Crippen LogP contribution in [0.25, 0.3) is 0 Å². The lowest BCUT2D eigenvalue weighted by Gasteiger charge is -2.32. The van der Waals surface area contributed by atoms with E-state index >= 15 is 0 Å². The summed E-state index contributed by atoms with van der Waals surface area (Å²) in [6.45, 7) is 6.35. The number of rotatable bonds is 6. The minimum absolute atomic E-state index is 0.460. The van der Waals surface area contributed by atoms with Crippen molar-refractivity contribution in [2.45, 2.75) is 64.3 Å². The van der Waals surface area contributed by atoms with Gasteiger partial charge in [-0.2, -0.15) is 0 Å². The molecule has 1 saturated heterocycles. The summed E-state index contributed by atoms with van der Waals surface area (Å²) in [4.78, 5) is 4.07. The molecule has 1 aromatic heterocycles. The zero-order valence-corrected chi connectivity index (χ0v) is 11.5. The van der Waals surface area contributed by atoms with Crippen LogP contribution in [0.15, 0.2) is 18.7 Å². The number of aromatic nitrogens is 2. The Labute approximate surface area is 110 Å². The Morgan fingerprint density at radius 1 is 1.56 bits per heavy atom. The van der Waals surface area contributed by atoms with Crippen LogP contribution in [0.3, 0.4) is 0 Å². The van der Waals surface area contributed by atoms with Crippen LogP contribution in [0, 0.1) is 0 Å². The van der Waals surface area contributed by atoms with Gasteiger partial charge >= 0.3 is 0 Å². The average molecular weight is 251 g/mol. The first-order chi connectivity index (χ1) is 8.78. The number of ether oxygens (including phenoxy) is 1. The van der Waals surface area contributed by atoms with E-state index in [0.29, 0.717) is 18.2 Å². The number of nitrogens with one attached hydrogen (secondary N) is 1. The summed E-state index contributed by atoms with van der Waals surface area (Å²) in [6.07, 6.45) is 10.9. The first-order valence-electron chi connectivity index (χ1n) is 7.11. The second kappa shape index (κ2) is 6.90. The van der Waals surface area contributed by atoms with E-state index in [4.69, 9.17) is 4.74 Å². The molecule has 0 radical (unpaired) electrons. The molecule has 1 aliphatic heterocycles. The Morgan fingerprint density at radius 2 is 2.44 bits per heavy atom. The minimum Gasteiger partial charge on any atom is -0.378 e. The number of hydrogen-bond donors (Lipinski definition) is 1. The summed E-state index contributed by atoms with van der Waals surface area (Å²) < 4.78 is 7.91. The van der Waals surface area contributed by atoms with Crippen LogP contribution in [0.1, 0.15) is 39.5 Å². The second-order valence-electron chi connectivity index (χ2n) is 5.33. The van der Waals surface area contributed by atoms with E-state index in [1.54, 1.807) is 0 Å². The highest BCUT2D eigenvalue weighted by atomic mass is 16.5. The lowest BCUT2D eigenvalue weighted by molar-refractivity contribution is -0.00495. The lowest BCUT2D eigenvalue weighted by Crippen LogP contribution is -2.44. The van der Waals surface area contributed by atoms with Crippen LogP contribution >= 0.6 is 0 Å². The van der Waals surface area contributed by atoms with Crippen LogP contribution in [0.2, 0.25) is 0 Å². The number of hydrogen-bond acceptors (Lipinski definition) is 3. The molecule has 0 bridgehead atoms. The molecule has 2 rings (SSSR count). The Balaban J connectivity index is 1.74. The summed E-state index contributed by atoms with van der Waals surface area (Å²) in [5.41, 5.74) is 0. The second-order valence-corrected chi connectivity index (χ2v) is 5.33. The van der Waals surface area contributed by atoms with Gasteiger partial charge in [0.1, 0.15) is 0 Å². The fourth-order valence-corrected chi connectivity index (χ4v) is 2.72. The topological polar surface area (TPSA) is 39.1 Å². The predicted molar refractivity (Wildman–Crippen MR) is 72.5 cm³/mol. The van der Waals surface area contributed by atoms with Crippen molar-refractivity contribution in [3.63, 3.8) is 0 Å². The maximum atomic E-state index is 5.78. The Hall–Kier alpha value is -0.870. The summed E-state index contributed by atoms with van der Waals surface area (Å²) >= 11 is 0. The molecule has 18 heavy (non-hydrogen) atoms. The Kier molecular flexibility index (Phi) is 5.20. The van der Waals surface area contributed by atoms with Crippen LogP contribution < -0.4 is 5.32 Å². The lowest BCUT2D eigenvalue weighted by atomic mass is 9.99. The molecule has 2 heterocycles. The first kappa shape index (κ1) is 13.6. The standard InChI is InChI=1S/C14H25N3O/c1-3-4-14-9-13(5-8-18-14)16-12(2)10-17-7-6-15-11-17/h6-7,11-14,16H,3-5,8-10H2,1-2H3. The zero-order valence-electron chi connectivity index (χ0n) is 11.5. The molecule has 1 N–H and O–H groups in total. The van der Waals surface area contributed by atoms with E-state index in [1.807, 2.05) is 18.7 Å². The van der Waals surface area contributed by atoms with Gasteiger partial charge in [-0.3, -0.25) is 0 Å². The van der Waals surface area contributed by atoms with Gasteiger partial charge in [-0.15, -0.1) is 0 Å². The summed E-state index contributed by atoms with van der Waals surface area (Å²) in [6, 6.07) is 1.08. The largest absolute Gasteiger partial charge is 0.378 e. The molecule has 0 saturated carbocycles. The van der Waals surface area contributed by atoms with Crippen molar-refractivity contribution in [1.29, 1.82) is 0 Å². The summed E-state index contributed by atoms with van der Waals surface area (Å²) in [5, 5.41) is 3.72. The van der Waals surface area contributed by atoms with Crippen LogP contribution in [-0.2, 0) is 11.3 Å². The van der Waals surface area contributed by atoms with Crippen LogP contribution in [-0.4, -0.2) is 34.3 Å². The smallest absolute Gasteiger partial charge is 0.0946 e. The third-order valence-electron chi connectivity index (χ3n) is 3.54. The molecule has 4 nitrogen and oxygen atoms in total. The summed E-state index contributed by atoms with van der Waals surface area (Å²) in [5.74, 6) is 0. The molecule has 4 heteroatoms. The number of imidazole rings is 1. The fourth-order valence-electron chi connectivity index (χ4n) is 2.72. The van der Waals surface area contributed by atoms with E-state index in [-0.39, 0.29) is 0 Å². The third kappa shape index (κ3) is 4.10. The quantitative estimate of drug-likeness (QED) is 0.842. The molecule has 3 atom stereocenters. The Bertz CT molecular complexity index is 324. The Morgan fingerprint density at radius 3 is 3.17 bits per heavy atom. The van der Waals surface area contributed by atoms with Gasteiger partial charge in [0.2, 0.25) is 0 Å². The highest BCUT2D eigenvalue weighted by Crippen LogP contribution is 2.18. The van der Waals surface area contributed by atoms with E-state index < -0.39 is 0 Å². The van der Waals surface area contributed by atoms with Crippen molar-refractivity contribution in [3.05, 3.63) is 18.7 Å². The van der Waals surface area contributed by atoms with Crippen molar-refractivity contribution in [2.24, 2.45) is 0 Å². The van der Waals surface area contributed by atoms with E-state index in [0.717, 1.165) is 26.0 Å². The van der Waals surface area contributed by atoms with Gasteiger partial charge in [0, 0.05) is 37.6 Å². The van der Waals surface area contributed by atoms with Gasteiger partial charge in [0.15, 0.2) is 0 Å². The summed E-state index contributed by atoms with van der Waals surface area (Å²) in [7, 11) is 0. The molecular weight excluding hydrogens is 226 g/mol. The molecule has 1 aromatic rings. The highest BCUT2D eigenvalue weighted by Gasteiger charge is 2.22. The molecule has 0 spiro atoms. The van der Waals surface area contributed by atoms with Gasteiger partial charge in [-0.1, -0.05) is 13.3 Å². The minimum atomic E-state index is 0.460. The van der Waals surface area contributed by atoms with Crippen molar-refractivity contribution < 1.29 is 4.74 Å². The molecule has 102 valence electrons. The SMILES string of the molecule is CCCC1CC(NC(C)Cn2ccnc2)CCO1. The third-order valence-corrected chi connectivity index (χ3v) is 3.54. The first-order valence-corrected chi connectivity index (χ1v) is 7.11. The normalized spacial score (nSPS) is 26.1. The van der Waals surface area contributed by atoms with Crippen LogP contribution in [0.4, 0.5) is 0 Å². The average Bonchev–Trinajstić information content (AvgIpc) is 2.82. The molecule has 1 fully saturated rings. The van der Waals surface area contributed by atoms with Crippen molar-refractivity contribution in [1.82, 2.24) is 14.9 Å². The van der Waals surface area contributed by atoms with Crippen molar-refractivity contribution in [3.8, 4) is 0 Å². The number of nitrogens with zero attached hydrogens (tertiary/aromatic N) is 2. The maximum Gasteiger partial charge on any atom is 0.0946 e. The monoisotopic (exact) mass is 251 g/mol.